The Kier molecular flexibility index (Phi) is 3.97. The Balaban J connectivity index is 1.96. The van der Waals surface area contributed by atoms with Crippen LogP contribution in [-0.2, 0) is 4.79 Å². The number of ether oxygens (including phenoxy) is 1. The van der Waals surface area contributed by atoms with Crippen LogP contribution in [0.5, 0.6) is 5.75 Å². The van der Waals surface area contributed by atoms with Crippen molar-refractivity contribution < 1.29 is 9.53 Å². The third kappa shape index (κ3) is 3.70. The molecule has 0 aliphatic heterocycles. The Hall–Kier alpha value is -2.56. The zero-order chi connectivity index (χ0) is 13.7. The maximum atomic E-state index is 11.9. The summed E-state index contributed by atoms with van der Waals surface area (Å²) in [7, 11) is 0. The molecule has 2 rings (SSSR count). The van der Waals surface area contributed by atoms with Gasteiger partial charge in [0.15, 0.2) is 6.10 Å². The number of carbonyl (C=O) groups is 1. The van der Waals surface area contributed by atoms with Crippen LogP contribution in [-0.4, -0.2) is 17.0 Å². The van der Waals surface area contributed by atoms with Crippen molar-refractivity contribution in [3.05, 3.63) is 48.8 Å². The molecule has 0 bridgehead atoms. The summed E-state index contributed by atoms with van der Waals surface area (Å²) in [5.41, 5.74) is 6.87. The molecule has 1 unspecified atom stereocenters. The number of anilines is 2. The van der Waals surface area contributed by atoms with E-state index in [9.17, 15) is 4.79 Å². The van der Waals surface area contributed by atoms with Gasteiger partial charge in [0.05, 0.1) is 11.9 Å². The molecule has 5 nitrogen and oxygen atoms in total. The number of aromatic nitrogens is 1. The lowest BCUT2D eigenvalue weighted by Crippen LogP contribution is -2.30. The minimum Gasteiger partial charge on any atom is -0.481 e. The van der Waals surface area contributed by atoms with Crippen LogP contribution in [0.1, 0.15) is 6.92 Å². The van der Waals surface area contributed by atoms with E-state index in [-0.39, 0.29) is 5.91 Å². The Morgan fingerprint density at radius 3 is 2.89 bits per heavy atom. The summed E-state index contributed by atoms with van der Waals surface area (Å²) in [6, 6.07) is 10.5. The monoisotopic (exact) mass is 257 g/mol. The van der Waals surface area contributed by atoms with Gasteiger partial charge in [0.25, 0.3) is 5.91 Å². The molecule has 1 aromatic heterocycles. The van der Waals surface area contributed by atoms with E-state index in [2.05, 4.69) is 10.3 Å². The van der Waals surface area contributed by atoms with E-state index in [1.165, 1.54) is 0 Å². The SMILES string of the molecule is CC(Oc1cccc(N)c1)C(=O)Nc1cccnc1. The van der Waals surface area contributed by atoms with E-state index in [4.69, 9.17) is 10.5 Å². The molecule has 2 aromatic rings. The summed E-state index contributed by atoms with van der Waals surface area (Å²) >= 11 is 0. The van der Waals surface area contributed by atoms with Gasteiger partial charge in [-0.3, -0.25) is 9.78 Å². The van der Waals surface area contributed by atoms with Crippen molar-refractivity contribution in [2.75, 3.05) is 11.1 Å². The smallest absolute Gasteiger partial charge is 0.265 e. The quantitative estimate of drug-likeness (QED) is 0.822. The highest BCUT2D eigenvalue weighted by atomic mass is 16.5. The molecule has 0 spiro atoms. The third-order valence-electron chi connectivity index (χ3n) is 2.47. The summed E-state index contributed by atoms with van der Waals surface area (Å²) in [5.74, 6) is 0.323. The van der Waals surface area contributed by atoms with Crippen LogP contribution < -0.4 is 15.8 Å². The number of nitrogen functional groups attached to an aromatic ring is 1. The van der Waals surface area contributed by atoms with Crippen LogP contribution in [0.4, 0.5) is 11.4 Å². The van der Waals surface area contributed by atoms with Gasteiger partial charge in [-0.2, -0.15) is 0 Å². The molecule has 3 N–H and O–H groups in total. The van der Waals surface area contributed by atoms with Gasteiger partial charge in [0, 0.05) is 18.0 Å². The molecule has 0 radical (unpaired) electrons. The first-order valence-corrected chi connectivity index (χ1v) is 5.88. The first kappa shape index (κ1) is 12.9. The fourth-order valence-corrected chi connectivity index (χ4v) is 1.53. The highest BCUT2D eigenvalue weighted by Crippen LogP contribution is 2.16. The summed E-state index contributed by atoms with van der Waals surface area (Å²) in [5, 5.41) is 2.72. The Bertz CT molecular complexity index is 558. The largest absolute Gasteiger partial charge is 0.481 e. The van der Waals surface area contributed by atoms with Gasteiger partial charge in [0.1, 0.15) is 5.75 Å². The molecule has 0 aliphatic rings. The second-order valence-corrected chi connectivity index (χ2v) is 4.06. The molecule has 98 valence electrons. The van der Waals surface area contributed by atoms with Crippen LogP contribution in [0.15, 0.2) is 48.8 Å². The summed E-state index contributed by atoms with van der Waals surface area (Å²) in [4.78, 5) is 15.8. The molecule has 0 saturated carbocycles. The zero-order valence-corrected chi connectivity index (χ0v) is 10.5. The Morgan fingerprint density at radius 1 is 1.37 bits per heavy atom. The Morgan fingerprint density at radius 2 is 2.21 bits per heavy atom. The van der Waals surface area contributed by atoms with Crippen LogP contribution >= 0.6 is 0 Å². The first-order chi connectivity index (χ1) is 9.15. The molecule has 1 heterocycles. The van der Waals surface area contributed by atoms with Crippen LogP contribution in [0, 0.1) is 0 Å². The van der Waals surface area contributed by atoms with Crippen molar-refractivity contribution in [1.82, 2.24) is 4.98 Å². The molecule has 1 aromatic carbocycles. The summed E-state index contributed by atoms with van der Waals surface area (Å²) in [6.07, 6.45) is 2.59. The maximum absolute atomic E-state index is 11.9. The molecule has 5 heteroatoms. The number of benzene rings is 1. The van der Waals surface area contributed by atoms with E-state index < -0.39 is 6.10 Å². The number of nitrogens with one attached hydrogen (secondary N) is 1. The van der Waals surface area contributed by atoms with Gasteiger partial charge in [0.2, 0.25) is 0 Å². The van der Waals surface area contributed by atoms with E-state index in [1.807, 2.05) is 0 Å². The van der Waals surface area contributed by atoms with Crippen LogP contribution in [0.2, 0.25) is 0 Å². The molecule has 1 amide bonds. The summed E-state index contributed by atoms with van der Waals surface area (Å²) < 4.78 is 5.52. The topological polar surface area (TPSA) is 77.2 Å². The average molecular weight is 257 g/mol. The van der Waals surface area contributed by atoms with Crippen LogP contribution in [0.25, 0.3) is 0 Å². The number of amides is 1. The number of pyridine rings is 1. The number of hydrogen-bond acceptors (Lipinski definition) is 4. The van der Waals surface area contributed by atoms with Gasteiger partial charge in [-0.15, -0.1) is 0 Å². The highest BCUT2D eigenvalue weighted by Gasteiger charge is 2.14. The lowest BCUT2D eigenvalue weighted by molar-refractivity contribution is -0.122. The van der Waals surface area contributed by atoms with Gasteiger partial charge in [-0.1, -0.05) is 6.07 Å². The van der Waals surface area contributed by atoms with E-state index >= 15 is 0 Å². The third-order valence-corrected chi connectivity index (χ3v) is 2.47. The van der Waals surface area contributed by atoms with E-state index in [0.29, 0.717) is 17.1 Å². The van der Waals surface area contributed by atoms with Gasteiger partial charge in [-0.05, 0) is 31.2 Å². The van der Waals surface area contributed by atoms with Crippen molar-refractivity contribution in [3.8, 4) is 5.75 Å². The lowest BCUT2D eigenvalue weighted by atomic mass is 10.3. The lowest BCUT2D eigenvalue weighted by Gasteiger charge is -2.14. The van der Waals surface area contributed by atoms with Crippen molar-refractivity contribution in [3.63, 3.8) is 0 Å². The normalized spacial score (nSPS) is 11.6. The van der Waals surface area contributed by atoms with Gasteiger partial charge >= 0.3 is 0 Å². The standard InChI is InChI=1S/C14H15N3O2/c1-10(19-13-6-2-4-11(15)8-13)14(18)17-12-5-3-7-16-9-12/h2-10H,15H2,1H3,(H,17,18). The molecule has 0 aliphatic carbocycles. The molecule has 0 fully saturated rings. The predicted octanol–water partition coefficient (Wildman–Crippen LogP) is 2.07. The number of nitrogens with two attached hydrogens (primary N) is 1. The Labute approximate surface area is 111 Å². The number of hydrogen-bond donors (Lipinski definition) is 2. The van der Waals surface area contributed by atoms with Crippen molar-refractivity contribution in [1.29, 1.82) is 0 Å². The average Bonchev–Trinajstić information content (AvgIpc) is 2.40. The number of nitrogens with zero attached hydrogens (tertiary/aromatic N) is 1. The highest BCUT2D eigenvalue weighted by molar-refractivity contribution is 5.93. The van der Waals surface area contributed by atoms with E-state index in [1.54, 1.807) is 55.7 Å². The first-order valence-electron chi connectivity index (χ1n) is 5.88. The molecule has 1 atom stereocenters. The van der Waals surface area contributed by atoms with Crippen molar-refractivity contribution >= 4 is 17.3 Å². The van der Waals surface area contributed by atoms with Gasteiger partial charge < -0.3 is 15.8 Å². The predicted molar refractivity (Wildman–Crippen MR) is 73.8 cm³/mol. The van der Waals surface area contributed by atoms with Crippen molar-refractivity contribution in [2.45, 2.75) is 13.0 Å². The maximum Gasteiger partial charge on any atom is 0.265 e. The fraction of sp³-hybridized carbons (Fsp3) is 0.143. The number of rotatable bonds is 4. The molecular weight excluding hydrogens is 242 g/mol. The second kappa shape index (κ2) is 5.86. The van der Waals surface area contributed by atoms with E-state index in [0.717, 1.165) is 0 Å². The molecule has 19 heavy (non-hydrogen) atoms. The minimum absolute atomic E-state index is 0.240. The van der Waals surface area contributed by atoms with Crippen LogP contribution in [0.3, 0.4) is 0 Å². The second-order valence-electron chi connectivity index (χ2n) is 4.06. The molecular formula is C14H15N3O2. The van der Waals surface area contributed by atoms with Crippen molar-refractivity contribution in [2.24, 2.45) is 0 Å². The summed E-state index contributed by atoms with van der Waals surface area (Å²) in [6.45, 7) is 1.68. The number of carbonyl (C=O) groups excluding carboxylic acids is 1. The van der Waals surface area contributed by atoms with Gasteiger partial charge in [-0.25, -0.2) is 0 Å². The fourth-order valence-electron chi connectivity index (χ4n) is 1.53. The zero-order valence-electron chi connectivity index (χ0n) is 10.5. The molecule has 0 saturated heterocycles. The minimum atomic E-state index is -0.623.